The predicted molar refractivity (Wildman–Crippen MR) is 53.2 cm³/mol. The van der Waals surface area contributed by atoms with E-state index < -0.39 is 0 Å². The van der Waals surface area contributed by atoms with Crippen LogP contribution in [0.2, 0.25) is 0 Å². The van der Waals surface area contributed by atoms with E-state index in [0.717, 1.165) is 6.42 Å². The van der Waals surface area contributed by atoms with E-state index in [1.165, 1.54) is 11.1 Å². The first-order valence-corrected chi connectivity index (χ1v) is 4.63. The van der Waals surface area contributed by atoms with E-state index in [9.17, 15) is 4.79 Å². The number of allylic oxidation sites excluding steroid dienone is 2. The van der Waals surface area contributed by atoms with Gasteiger partial charge < -0.3 is 0 Å². The van der Waals surface area contributed by atoms with Crippen LogP contribution in [-0.4, -0.2) is 5.78 Å². The van der Waals surface area contributed by atoms with E-state index >= 15 is 0 Å². The van der Waals surface area contributed by atoms with Crippen molar-refractivity contribution in [1.82, 2.24) is 0 Å². The molecule has 0 aromatic heterocycles. The Morgan fingerprint density at radius 2 is 1.92 bits per heavy atom. The largest absolute Gasteiger partial charge is 0.294 e. The van der Waals surface area contributed by atoms with Gasteiger partial charge in [-0.2, -0.15) is 0 Å². The maximum absolute atomic E-state index is 11.2. The molecular formula is C12H12O. The Hall–Kier alpha value is -1.37. The molecule has 1 unspecified atom stereocenters. The average molecular weight is 172 g/mol. The second-order valence-electron chi connectivity index (χ2n) is 3.33. The fourth-order valence-electron chi connectivity index (χ4n) is 1.75. The number of hydrogen-bond acceptors (Lipinski definition) is 1. The molecule has 0 aliphatic heterocycles. The van der Waals surface area contributed by atoms with Crippen LogP contribution in [0, 0.1) is 5.92 Å². The molecular weight excluding hydrogens is 160 g/mol. The lowest BCUT2D eigenvalue weighted by molar-refractivity contribution is -0.118. The highest BCUT2D eigenvalue weighted by molar-refractivity contribution is 6.14. The van der Waals surface area contributed by atoms with Crippen molar-refractivity contribution in [2.45, 2.75) is 13.3 Å². The Bertz CT molecular complexity index is 349. The predicted octanol–water partition coefficient (Wildman–Crippen LogP) is 2.68. The molecule has 0 bridgehead atoms. The average Bonchev–Trinajstić information content (AvgIpc) is 2.16. The third-order valence-corrected chi connectivity index (χ3v) is 2.53. The van der Waals surface area contributed by atoms with Crippen molar-refractivity contribution in [3.05, 3.63) is 42.0 Å². The van der Waals surface area contributed by atoms with Gasteiger partial charge in [0.15, 0.2) is 5.78 Å². The van der Waals surface area contributed by atoms with Crippen LogP contribution in [0.25, 0.3) is 5.57 Å². The van der Waals surface area contributed by atoms with Crippen LogP contribution in [0.15, 0.2) is 36.4 Å². The molecule has 66 valence electrons. The highest BCUT2D eigenvalue weighted by Gasteiger charge is 2.29. The number of carbonyl (C=O) groups is 1. The summed E-state index contributed by atoms with van der Waals surface area (Å²) in [4.78, 5) is 11.2. The lowest BCUT2D eigenvalue weighted by atomic mass is 9.78. The Morgan fingerprint density at radius 1 is 1.23 bits per heavy atom. The normalized spacial score (nSPS) is 20.8. The zero-order chi connectivity index (χ0) is 9.26. The molecule has 13 heavy (non-hydrogen) atoms. The first kappa shape index (κ1) is 8.24. The SMILES string of the molecule is CCC1C(=O)C=C1c1ccccc1. The molecule has 1 aliphatic rings. The zero-order valence-electron chi connectivity index (χ0n) is 7.66. The lowest BCUT2D eigenvalue weighted by Crippen LogP contribution is -2.22. The van der Waals surface area contributed by atoms with Crippen LogP contribution < -0.4 is 0 Å². The summed E-state index contributed by atoms with van der Waals surface area (Å²) in [5.41, 5.74) is 2.39. The van der Waals surface area contributed by atoms with Crippen LogP contribution in [0.5, 0.6) is 0 Å². The minimum atomic E-state index is 0.155. The molecule has 0 spiro atoms. The molecule has 1 aromatic carbocycles. The van der Waals surface area contributed by atoms with E-state index in [2.05, 4.69) is 19.1 Å². The lowest BCUT2D eigenvalue weighted by Gasteiger charge is -2.24. The third kappa shape index (κ3) is 1.31. The summed E-state index contributed by atoms with van der Waals surface area (Å²) in [6, 6.07) is 10.1. The van der Waals surface area contributed by atoms with Crippen molar-refractivity contribution in [2.75, 3.05) is 0 Å². The minimum Gasteiger partial charge on any atom is -0.294 e. The first-order chi connectivity index (χ1) is 6.33. The first-order valence-electron chi connectivity index (χ1n) is 4.63. The Balaban J connectivity index is 2.30. The number of ketones is 1. The Kier molecular flexibility index (Phi) is 2.01. The van der Waals surface area contributed by atoms with Gasteiger partial charge in [0.05, 0.1) is 0 Å². The Labute approximate surface area is 78.1 Å². The molecule has 1 aromatic rings. The summed E-state index contributed by atoms with van der Waals surface area (Å²) in [6.07, 6.45) is 2.67. The monoisotopic (exact) mass is 172 g/mol. The van der Waals surface area contributed by atoms with E-state index in [4.69, 9.17) is 0 Å². The number of carbonyl (C=O) groups excluding carboxylic acids is 1. The van der Waals surface area contributed by atoms with Crippen molar-refractivity contribution < 1.29 is 4.79 Å². The van der Waals surface area contributed by atoms with Gasteiger partial charge in [-0.25, -0.2) is 0 Å². The summed E-state index contributed by atoms with van der Waals surface area (Å²) in [6.45, 7) is 2.05. The highest BCUT2D eigenvalue weighted by atomic mass is 16.1. The van der Waals surface area contributed by atoms with Crippen LogP contribution in [0.4, 0.5) is 0 Å². The van der Waals surface area contributed by atoms with Crippen molar-refractivity contribution in [3.8, 4) is 0 Å². The van der Waals surface area contributed by atoms with Crippen LogP contribution >= 0.6 is 0 Å². The molecule has 0 N–H and O–H groups in total. The van der Waals surface area contributed by atoms with Crippen LogP contribution in [-0.2, 0) is 4.79 Å². The van der Waals surface area contributed by atoms with Crippen molar-refractivity contribution in [2.24, 2.45) is 5.92 Å². The van der Waals surface area contributed by atoms with E-state index in [-0.39, 0.29) is 11.7 Å². The smallest absolute Gasteiger partial charge is 0.163 e. The molecule has 0 fully saturated rings. The summed E-state index contributed by atoms with van der Waals surface area (Å²) in [7, 11) is 0. The van der Waals surface area contributed by atoms with Gasteiger partial charge >= 0.3 is 0 Å². The molecule has 1 nitrogen and oxygen atoms in total. The highest BCUT2D eigenvalue weighted by Crippen LogP contribution is 2.34. The van der Waals surface area contributed by atoms with Crippen LogP contribution in [0.3, 0.4) is 0 Å². The van der Waals surface area contributed by atoms with E-state index in [1.807, 2.05) is 18.2 Å². The quantitative estimate of drug-likeness (QED) is 0.670. The van der Waals surface area contributed by atoms with Gasteiger partial charge in [-0.1, -0.05) is 37.3 Å². The third-order valence-electron chi connectivity index (χ3n) is 2.53. The van der Waals surface area contributed by atoms with Gasteiger partial charge in [0, 0.05) is 5.92 Å². The molecule has 0 radical (unpaired) electrons. The van der Waals surface area contributed by atoms with Gasteiger partial charge in [-0.3, -0.25) is 4.79 Å². The van der Waals surface area contributed by atoms with Crippen molar-refractivity contribution >= 4 is 11.4 Å². The van der Waals surface area contributed by atoms with Crippen molar-refractivity contribution in [3.63, 3.8) is 0 Å². The molecule has 1 aliphatic carbocycles. The minimum absolute atomic E-state index is 0.155. The molecule has 1 heteroatoms. The number of hydrogen-bond donors (Lipinski definition) is 0. The summed E-state index contributed by atoms with van der Waals surface area (Å²) < 4.78 is 0. The van der Waals surface area contributed by atoms with E-state index in [1.54, 1.807) is 6.08 Å². The van der Waals surface area contributed by atoms with Gasteiger partial charge in [0.25, 0.3) is 0 Å². The summed E-state index contributed by atoms with van der Waals surface area (Å²) in [5, 5.41) is 0. The fourth-order valence-corrected chi connectivity index (χ4v) is 1.75. The molecule has 0 saturated heterocycles. The topological polar surface area (TPSA) is 17.1 Å². The van der Waals surface area contributed by atoms with Gasteiger partial charge in [-0.15, -0.1) is 0 Å². The molecule has 0 amide bonds. The maximum atomic E-state index is 11.2. The molecule has 2 rings (SSSR count). The van der Waals surface area contributed by atoms with E-state index in [0.29, 0.717) is 0 Å². The molecule has 0 saturated carbocycles. The van der Waals surface area contributed by atoms with Gasteiger partial charge in [0.2, 0.25) is 0 Å². The fraction of sp³-hybridized carbons (Fsp3) is 0.250. The van der Waals surface area contributed by atoms with Crippen molar-refractivity contribution in [1.29, 1.82) is 0 Å². The van der Waals surface area contributed by atoms with Gasteiger partial charge in [-0.05, 0) is 23.6 Å². The summed E-state index contributed by atoms with van der Waals surface area (Å²) in [5.74, 6) is 0.434. The second-order valence-corrected chi connectivity index (χ2v) is 3.33. The summed E-state index contributed by atoms with van der Waals surface area (Å²) >= 11 is 0. The van der Waals surface area contributed by atoms with Crippen LogP contribution in [0.1, 0.15) is 18.9 Å². The maximum Gasteiger partial charge on any atom is 0.163 e. The molecule has 1 atom stereocenters. The zero-order valence-corrected chi connectivity index (χ0v) is 7.66. The van der Waals surface area contributed by atoms with Gasteiger partial charge in [0.1, 0.15) is 0 Å². The second kappa shape index (κ2) is 3.17. The number of rotatable bonds is 2. The number of benzene rings is 1. The standard InChI is InChI=1S/C12H12O/c1-2-10-11(8-12(10)13)9-6-4-3-5-7-9/h3-8,10H,2H2,1H3. The Morgan fingerprint density at radius 3 is 2.46 bits per heavy atom. The molecule has 0 heterocycles.